The third-order valence-corrected chi connectivity index (χ3v) is 5.20. The van der Waals surface area contributed by atoms with Crippen molar-refractivity contribution in [2.75, 3.05) is 48.9 Å². The van der Waals surface area contributed by atoms with E-state index in [0.29, 0.717) is 17.1 Å². The minimum atomic E-state index is -0.325. The maximum absolute atomic E-state index is 12.5. The topological polar surface area (TPSA) is 75.7 Å². The van der Waals surface area contributed by atoms with Crippen LogP contribution in [0.2, 0.25) is 0 Å². The highest BCUT2D eigenvalue weighted by Gasteiger charge is 2.15. The number of nitrogens with one attached hydrogen (secondary N) is 2. The number of rotatable bonds is 4. The van der Waals surface area contributed by atoms with Crippen molar-refractivity contribution in [2.24, 2.45) is 0 Å². The Morgan fingerprint density at radius 1 is 1.07 bits per heavy atom. The van der Waals surface area contributed by atoms with Crippen molar-refractivity contribution in [1.82, 2.24) is 4.98 Å². The number of carbonyl (C=O) groups excluding carboxylic acids is 1. The highest BCUT2D eigenvalue weighted by Crippen LogP contribution is 2.27. The summed E-state index contributed by atoms with van der Waals surface area (Å²) in [6.45, 7) is 7.17. The van der Waals surface area contributed by atoms with Crippen molar-refractivity contribution in [2.45, 2.75) is 13.8 Å². The zero-order valence-corrected chi connectivity index (χ0v) is 17.5. The normalized spacial score (nSPS) is 13.9. The lowest BCUT2D eigenvalue weighted by molar-refractivity contribution is 0.122. The van der Waals surface area contributed by atoms with Crippen LogP contribution in [0.25, 0.3) is 10.9 Å². The fraction of sp³-hybridized carbons (Fsp3) is 0.304. The summed E-state index contributed by atoms with van der Waals surface area (Å²) in [7, 11) is 1.58. The van der Waals surface area contributed by atoms with Crippen LogP contribution < -0.4 is 20.3 Å². The van der Waals surface area contributed by atoms with Crippen LogP contribution in [0, 0.1) is 13.8 Å². The van der Waals surface area contributed by atoms with Crippen LogP contribution in [-0.2, 0) is 4.74 Å². The summed E-state index contributed by atoms with van der Waals surface area (Å²) < 4.78 is 10.8. The molecule has 0 saturated carbocycles. The van der Waals surface area contributed by atoms with Crippen molar-refractivity contribution in [1.29, 1.82) is 0 Å². The molecule has 1 saturated heterocycles. The average molecular weight is 406 g/mol. The summed E-state index contributed by atoms with van der Waals surface area (Å²) in [6.07, 6.45) is 0. The van der Waals surface area contributed by atoms with Crippen molar-refractivity contribution >= 4 is 34.1 Å². The van der Waals surface area contributed by atoms with Crippen LogP contribution in [-0.4, -0.2) is 44.4 Å². The molecule has 1 aliphatic rings. The summed E-state index contributed by atoms with van der Waals surface area (Å²) >= 11 is 0. The van der Waals surface area contributed by atoms with E-state index in [9.17, 15) is 4.79 Å². The summed E-state index contributed by atoms with van der Waals surface area (Å²) in [5.74, 6) is 1.58. The van der Waals surface area contributed by atoms with Gasteiger partial charge in [0.05, 0.1) is 31.5 Å². The number of urea groups is 1. The average Bonchev–Trinajstić information content (AvgIpc) is 2.75. The van der Waals surface area contributed by atoms with Crippen LogP contribution in [0.5, 0.6) is 5.75 Å². The van der Waals surface area contributed by atoms with E-state index in [0.717, 1.165) is 54.2 Å². The van der Waals surface area contributed by atoms with Gasteiger partial charge in [-0.3, -0.25) is 0 Å². The fourth-order valence-corrected chi connectivity index (χ4v) is 3.61. The summed E-state index contributed by atoms with van der Waals surface area (Å²) in [5.41, 5.74) is 4.39. The molecule has 2 heterocycles. The minimum Gasteiger partial charge on any atom is -0.495 e. The molecule has 0 radical (unpaired) electrons. The number of morpholine rings is 1. The number of anilines is 3. The number of pyridine rings is 1. The van der Waals surface area contributed by atoms with Crippen LogP contribution in [0.3, 0.4) is 0 Å². The van der Waals surface area contributed by atoms with E-state index in [-0.39, 0.29) is 6.03 Å². The second kappa shape index (κ2) is 8.59. The maximum atomic E-state index is 12.5. The summed E-state index contributed by atoms with van der Waals surface area (Å²) in [4.78, 5) is 19.6. The predicted octanol–water partition coefficient (Wildman–Crippen LogP) is 4.34. The standard InChI is InChI=1S/C23H26N4O3/c1-15-4-7-21(29-3)20(12-15)26-23(28)24-17-5-6-19-18(14-17)16(2)13-22(25-19)27-8-10-30-11-9-27/h4-7,12-14H,8-11H2,1-3H3,(H2,24,26,28). The molecule has 1 aliphatic heterocycles. The molecule has 0 aliphatic carbocycles. The predicted molar refractivity (Wildman–Crippen MR) is 120 cm³/mol. The Morgan fingerprint density at radius 2 is 1.87 bits per heavy atom. The molecule has 7 nitrogen and oxygen atoms in total. The zero-order chi connectivity index (χ0) is 21.1. The number of ether oxygens (including phenoxy) is 2. The van der Waals surface area contributed by atoms with Gasteiger partial charge in [-0.25, -0.2) is 9.78 Å². The lowest BCUT2D eigenvalue weighted by Gasteiger charge is -2.28. The van der Waals surface area contributed by atoms with Gasteiger partial charge in [0.25, 0.3) is 0 Å². The van der Waals surface area contributed by atoms with E-state index in [4.69, 9.17) is 14.5 Å². The van der Waals surface area contributed by atoms with Crippen molar-refractivity contribution in [3.63, 3.8) is 0 Å². The second-order valence-electron chi connectivity index (χ2n) is 7.41. The number of fused-ring (bicyclic) bond motifs is 1. The first-order valence-electron chi connectivity index (χ1n) is 10.0. The van der Waals surface area contributed by atoms with E-state index in [1.165, 1.54) is 0 Å². The van der Waals surface area contributed by atoms with E-state index >= 15 is 0 Å². The van der Waals surface area contributed by atoms with E-state index < -0.39 is 0 Å². The molecule has 2 amide bonds. The highest BCUT2D eigenvalue weighted by molar-refractivity contribution is 6.02. The monoisotopic (exact) mass is 406 g/mol. The Kier molecular flexibility index (Phi) is 5.72. The third-order valence-electron chi connectivity index (χ3n) is 5.20. The van der Waals surface area contributed by atoms with Gasteiger partial charge in [0, 0.05) is 24.2 Å². The number of aromatic nitrogens is 1. The van der Waals surface area contributed by atoms with Crippen molar-refractivity contribution in [3.8, 4) is 5.75 Å². The van der Waals surface area contributed by atoms with Crippen LogP contribution in [0.15, 0.2) is 42.5 Å². The van der Waals surface area contributed by atoms with Gasteiger partial charge in [0.15, 0.2) is 0 Å². The smallest absolute Gasteiger partial charge is 0.323 e. The molecule has 0 atom stereocenters. The molecule has 0 unspecified atom stereocenters. The molecule has 0 bridgehead atoms. The number of carbonyl (C=O) groups is 1. The van der Waals surface area contributed by atoms with Crippen LogP contribution in [0.4, 0.5) is 22.0 Å². The Hall–Kier alpha value is -3.32. The van der Waals surface area contributed by atoms with Crippen LogP contribution in [0.1, 0.15) is 11.1 Å². The molecule has 3 aromatic rings. The third kappa shape index (κ3) is 4.31. The number of benzene rings is 2. The Labute approximate surface area is 176 Å². The van der Waals surface area contributed by atoms with Gasteiger partial charge in [0.1, 0.15) is 11.6 Å². The van der Waals surface area contributed by atoms with E-state index in [2.05, 4.69) is 28.5 Å². The molecule has 2 aromatic carbocycles. The number of hydrogen-bond donors (Lipinski definition) is 2. The highest BCUT2D eigenvalue weighted by atomic mass is 16.5. The SMILES string of the molecule is COc1ccc(C)cc1NC(=O)Nc1ccc2nc(N3CCOCC3)cc(C)c2c1. The molecule has 1 aromatic heterocycles. The van der Waals surface area contributed by atoms with Gasteiger partial charge in [-0.05, 0) is 61.4 Å². The van der Waals surface area contributed by atoms with E-state index in [1.54, 1.807) is 7.11 Å². The number of methoxy groups -OCH3 is 1. The molecule has 1 fully saturated rings. The number of hydrogen-bond acceptors (Lipinski definition) is 5. The molecule has 30 heavy (non-hydrogen) atoms. The first-order chi connectivity index (χ1) is 14.5. The maximum Gasteiger partial charge on any atom is 0.323 e. The number of amides is 2. The van der Waals surface area contributed by atoms with Crippen LogP contribution >= 0.6 is 0 Å². The van der Waals surface area contributed by atoms with Gasteiger partial charge in [0.2, 0.25) is 0 Å². The largest absolute Gasteiger partial charge is 0.495 e. The molecule has 0 spiro atoms. The van der Waals surface area contributed by atoms with Gasteiger partial charge in [-0.2, -0.15) is 0 Å². The fourth-order valence-electron chi connectivity index (χ4n) is 3.61. The van der Waals surface area contributed by atoms with Gasteiger partial charge in [-0.1, -0.05) is 6.07 Å². The zero-order valence-electron chi connectivity index (χ0n) is 17.5. The lowest BCUT2D eigenvalue weighted by atomic mass is 10.1. The Bertz CT molecular complexity index is 1080. The van der Waals surface area contributed by atoms with E-state index in [1.807, 2.05) is 43.3 Å². The van der Waals surface area contributed by atoms with Crippen molar-refractivity contribution in [3.05, 3.63) is 53.6 Å². The summed E-state index contributed by atoms with van der Waals surface area (Å²) in [5, 5.41) is 6.77. The molecule has 156 valence electrons. The van der Waals surface area contributed by atoms with Gasteiger partial charge >= 0.3 is 6.03 Å². The second-order valence-corrected chi connectivity index (χ2v) is 7.41. The molecule has 2 N–H and O–H groups in total. The molecule has 7 heteroatoms. The molecular formula is C23H26N4O3. The number of nitrogens with zero attached hydrogens (tertiary/aromatic N) is 2. The molecular weight excluding hydrogens is 380 g/mol. The first kappa shape index (κ1) is 20.0. The lowest BCUT2D eigenvalue weighted by Crippen LogP contribution is -2.36. The Balaban J connectivity index is 1.53. The van der Waals surface area contributed by atoms with Gasteiger partial charge < -0.3 is 25.0 Å². The quantitative estimate of drug-likeness (QED) is 0.674. The first-order valence-corrected chi connectivity index (χ1v) is 10.0. The minimum absolute atomic E-state index is 0.325. The van der Waals surface area contributed by atoms with Crippen molar-refractivity contribution < 1.29 is 14.3 Å². The van der Waals surface area contributed by atoms with Gasteiger partial charge in [-0.15, -0.1) is 0 Å². The Morgan fingerprint density at radius 3 is 2.63 bits per heavy atom. The molecule has 4 rings (SSSR count). The number of aryl methyl sites for hydroxylation is 2. The summed E-state index contributed by atoms with van der Waals surface area (Å²) in [6, 6.07) is 13.2.